The number of anilines is 1. The molecule has 6 unspecified atom stereocenters. The third kappa shape index (κ3) is 8.38. The standard InChI is InChI=1S/C24H32FN3O9/c1-2-3-4-5-6-7-17(29)28-15(12-26)22(33)27-14-8-9-16(13(10-14)11-25)36-24-20(32)18(30)19(31)21(37-24)23(34)35/h1,8-10,15,18-21,24,30-32H,3-7,11-12,26H2,(H,27,33)(H,28,29)(H,34,35). The highest BCUT2D eigenvalue weighted by Crippen LogP contribution is 2.29. The number of aliphatic carboxylic acids is 1. The maximum Gasteiger partial charge on any atom is 0.335 e. The second kappa shape index (κ2) is 14.5. The Balaban J connectivity index is 2.02. The van der Waals surface area contributed by atoms with E-state index in [1.54, 1.807) is 0 Å². The molecule has 204 valence electrons. The Morgan fingerprint density at radius 3 is 2.51 bits per heavy atom. The fourth-order valence-electron chi connectivity index (χ4n) is 3.57. The van der Waals surface area contributed by atoms with Crippen molar-refractivity contribution < 1.29 is 48.7 Å². The van der Waals surface area contributed by atoms with Gasteiger partial charge >= 0.3 is 5.97 Å². The van der Waals surface area contributed by atoms with Crippen LogP contribution in [-0.4, -0.2) is 81.5 Å². The van der Waals surface area contributed by atoms with E-state index >= 15 is 0 Å². The number of rotatable bonds is 13. The zero-order valence-electron chi connectivity index (χ0n) is 20.0. The second-order valence-electron chi connectivity index (χ2n) is 8.42. The number of halogens is 1. The van der Waals surface area contributed by atoms with Crippen LogP contribution in [0.25, 0.3) is 0 Å². The van der Waals surface area contributed by atoms with Crippen LogP contribution < -0.4 is 21.1 Å². The highest BCUT2D eigenvalue weighted by atomic mass is 19.1. The summed E-state index contributed by atoms with van der Waals surface area (Å²) in [6.45, 7) is -1.26. The van der Waals surface area contributed by atoms with E-state index in [2.05, 4.69) is 16.6 Å². The first-order valence-electron chi connectivity index (χ1n) is 11.6. The van der Waals surface area contributed by atoms with Crippen molar-refractivity contribution in [3.63, 3.8) is 0 Å². The molecule has 1 heterocycles. The Labute approximate surface area is 212 Å². The number of aliphatic hydroxyl groups is 3. The van der Waals surface area contributed by atoms with Gasteiger partial charge in [0.2, 0.25) is 18.1 Å². The molecule has 1 fully saturated rings. The topological polar surface area (TPSA) is 201 Å². The van der Waals surface area contributed by atoms with Crippen molar-refractivity contribution in [3.05, 3.63) is 23.8 Å². The number of nitrogens with two attached hydrogens (primary N) is 1. The van der Waals surface area contributed by atoms with Crippen molar-refractivity contribution in [1.82, 2.24) is 5.32 Å². The predicted molar refractivity (Wildman–Crippen MR) is 128 cm³/mol. The van der Waals surface area contributed by atoms with E-state index in [9.17, 15) is 34.1 Å². The Hall–Kier alpha value is -3.28. The molecule has 13 heteroatoms. The number of amides is 2. The number of aliphatic hydroxyl groups excluding tert-OH is 3. The highest BCUT2D eigenvalue weighted by Gasteiger charge is 2.48. The monoisotopic (exact) mass is 525 g/mol. The fraction of sp³-hybridized carbons (Fsp3) is 0.542. The average Bonchev–Trinajstić information content (AvgIpc) is 2.87. The van der Waals surface area contributed by atoms with E-state index < -0.39 is 55.3 Å². The number of ether oxygens (including phenoxy) is 2. The molecule has 0 aliphatic carbocycles. The zero-order chi connectivity index (χ0) is 27.5. The zero-order valence-corrected chi connectivity index (χ0v) is 20.0. The third-order valence-corrected chi connectivity index (χ3v) is 5.64. The SMILES string of the molecule is C#CCCCCCC(=O)NC(CN)C(=O)Nc1ccc(OC2OC(C(=O)O)C(O)C(O)C2O)c(CF)c1. The normalized spacial score (nSPS) is 23.9. The van der Waals surface area contributed by atoms with E-state index in [1.165, 1.54) is 18.2 Å². The van der Waals surface area contributed by atoms with Gasteiger partial charge in [0, 0.05) is 30.6 Å². The smallest absolute Gasteiger partial charge is 0.335 e. The molecule has 1 aliphatic rings. The number of alkyl halides is 1. The Bertz CT molecular complexity index is 987. The van der Waals surface area contributed by atoms with Gasteiger partial charge in [0.1, 0.15) is 36.8 Å². The minimum atomic E-state index is -1.91. The summed E-state index contributed by atoms with van der Waals surface area (Å²) in [5, 5.41) is 44.0. The molecule has 6 atom stereocenters. The molecule has 12 nitrogen and oxygen atoms in total. The number of carbonyl (C=O) groups excluding carboxylic acids is 2. The lowest BCUT2D eigenvalue weighted by Gasteiger charge is -2.38. The van der Waals surface area contributed by atoms with Crippen molar-refractivity contribution in [2.45, 2.75) is 75.5 Å². The van der Waals surface area contributed by atoms with Gasteiger partial charge in [-0.1, -0.05) is 6.42 Å². The first-order chi connectivity index (χ1) is 17.6. The molecule has 0 aromatic heterocycles. The first-order valence-corrected chi connectivity index (χ1v) is 11.6. The van der Waals surface area contributed by atoms with E-state index in [-0.39, 0.29) is 35.9 Å². The van der Waals surface area contributed by atoms with E-state index in [1.807, 2.05) is 0 Å². The van der Waals surface area contributed by atoms with Gasteiger partial charge in [-0.25, -0.2) is 9.18 Å². The summed E-state index contributed by atoms with van der Waals surface area (Å²) >= 11 is 0. The van der Waals surface area contributed by atoms with Crippen molar-refractivity contribution in [1.29, 1.82) is 0 Å². The lowest BCUT2D eigenvalue weighted by molar-refractivity contribution is -0.271. The highest BCUT2D eigenvalue weighted by molar-refractivity contribution is 5.97. The van der Waals surface area contributed by atoms with Gasteiger partial charge in [0.25, 0.3) is 0 Å². The van der Waals surface area contributed by atoms with E-state index in [0.717, 1.165) is 12.8 Å². The van der Waals surface area contributed by atoms with Crippen LogP contribution in [0, 0.1) is 12.3 Å². The maximum absolute atomic E-state index is 13.7. The number of carboxylic acids is 1. The summed E-state index contributed by atoms with van der Waals surface area (Å²) in [6, 6.07) is 2.76. The summed E-state index contributed by atoms with van der Waals surface area (Å²) in [6.07, 6.45) is -1.05. The van der Waals surface area contributed by atoms with Gasteiger partial charge < -0.3 is 46.3 Å². The minimum Gasteiger partial charge on any atom is -0.479 e. The van der Waals surface area contributed by atoms with Crippen LogP contribution in [0.5, 0.6) is 5.75 Å². The number of hydrogen-bond donors (Lipinski definition) is 7. The van der Waals surface area contributed by atoms with Crippen LogP contribution in [-0.2, 0) is 25.8 Å². The Kier molecular flexibility index (Phi) is 11.7. The summed E-state index contributed by atoms with van der Waals surface area (Å²) in [4.78, 5) is 36.0. The van der Waals surface area contributed by atoms with Gasteiger partial charge in [-0.15, -0.1) is 12.3 Å². The predicted octanol–water partition coefficient (Wildman–Crippen LogP) is -0.607. The van der Waals surface area contributed by atoms with Crippen LogP contribution in [0.15, 0.2) is 18.2 Å². The van der Waals surface area contributed by atoms with E-state index in [4.69, 9.17) is 26.7 Å². The Morgan fingerprint density at radius 2 is 1.89 bits per heavy atom. The van der Waals surface area contributed by atoms with Crippen molar-refractivity contribution in [3.8, 4) is 18.1 Å². The Morgan fingerprint density at radius 1 is 1.16 bits per heavy atom. The molecule has 0 radical (unpaired) electrons. The molecule has 1 aromatic rings. The van der Waals surface area contributed by atoms with Crippen molar-refractivity contribution >= 4 is 23.5 Å². The van der Waals surface area contributed by atoms with E-state index in [0.29, 0.717) is 12.8 Å². The number of carboxylic acid groups (broad SMARTS) is 1. The lowest BCUT2D eigenvalue weighted by Crippen LogP contribution is -2.61. The number of unbranched alkanes of at least 4 members (excludes halogenated alkanes) is 3. The van der Waals surface area contributed by atoms with Gasteiger partial charge in [0.05, 0.1) is 0 Å². The molecule has 8 N–H and O–H groups in total. The number of nitrogens with one attached hydrogen (secondary N) is 2. The molecular formula is C24H32FN3O9. The fourth-order valence-corrected chi connectivity index (χ4v) is 3.57. The van der Waals surface area contributed by atoms with Crippen LogP contribution in [0.4, 0.5) is 10.1 Å². The van der Waals surface area contributed by atoms with Gasteiger partial charge in [-0.3, -0.25) is 9.59 Å². The average molecular weight is 526 g/mol. The quantitative estimate of drug-likeness (QED) is 0.129. The number of hydrogen-bond acceptors (Lipinski definition) is 9. The molecule has 0 bridgehead atoms. The second-order valence-corrected chi connectivity index (χ2v) is 8.42. The van der Waals surface area contributed by atoms with Crippen LogP contribution >= 0.6 is 0 Å². The van der Waals surface area contributed by atoms with Gasteiger partial charge in [0.15, 0.2) is 6.10 Å². The third-order valence-electron chi connectivity index (χ3n) is 5.64. The molecule has 2 amide bonds. The number of benzene rings is 1. The minimum absolute atomic E-state index is 0.0959. The van der Waals surface area contributed by atoms with Crippen LogP contribution in [0.3, 0.4) is 0 Å². The molecule has 1 aromatic carbocycles. The number of terminal acetylenes is 1. The maximum atomic E-state index is 13.7. The van der Waals surface area contributed by atoms with Crippen molar-refractivity contribution in [2.24, 2.45) is 5.73 Å². The summed E-state index contributed by atoms with van der Waals surface area (Å²) in [5.74, 6) is -0.218. The van der Waals surface area contributed by atoms with Crippen LogP contribution in [0.1, 0.15) is 37.7 Å². The molecule has 1 saturated heterocycles. The lowest BCUT2D eigenvalue weighted by atomic mass is 9.99. The summed E-state index contributed by atoms with van der Waals surface area (Å²) in [5.41, 5.74) is 5.68. The van der Waals surface area contributed by atoms with Crippen molar-refractivity contribution in [2.75, 3.05) is 11.9 Å². The summed E-state index contributed by atoms with van der Waals surface area (Å²) < 4.78 is 24.1. The molecule has 0 saturated carbocycles. The first kappa shape index (κ1) is 29.9. The molecule has 1 aliphatic heterocycles. The molecular weight excluding hydrogens is 493 g/mol. The van der Waals surface area contributed by atoms with Gasteiger partial charge in [-0.05, 0) is 31.0 Å². The molecule has 2 rings (SSSR count). The molecule has 0 spiro atoms. The number of carbonyl (C=O) groups is 3. The van der Waals surface area contributed by atoms with Gasteiger partial charge in [-0.2, -0.15) is 0 Å². The summed E-state index contributed by atoms with van der Waals surface area (Å²) in [7, 11) is 0. The van der Waals surface area contributed by atoms with Crippen LogP contribution in [0.2, 0.25) is 0 Å². The largest absolute Gasteiger partial charge is 0.479 e. The molecule has 37 heavy (non-hydrogen) atoms.